The van der Waals surface area contributed by atoms with Crippen LogP contribution in [0.3, 0.4) is 0 Å². The van der Waals surface area contributed by atoms with Gasteiger partial charge in [0.1, 0.15) is 6.29 Å². The fraction of sp³-hybridized carbons (Fsp3) is 1.00. The van der Waals surface area contributed by atoms with Gasteiger partial charge in [-0.15, -0.1) is 0 Å². The molecule has 11 heavy (non-hydrogen) atoms. The Morgan fingerprint density at radius 2 is 1.64 bits per heavy atom. The highest BCUT2D eigenvalue weighted by Gasteiger charge is 2.45. The lowest BCUT2D eigenvalue weighted by Gasteiger charge is -2.43. The van der Waals surface area contributed by atoms with Gasteiger partial charge >= 0.3 is 7.25 Å². The van der Waals surface area contributed by atoms with E-state index in [9.17, 15) is 0 Å². The Hall–Kier alpha value is -0.0551. The van der Waals surface area contributed by atoms with E-state index in [4.69, 9.17) is 9.31 Å². The molecule has 1 heterocycles. The van der Waals surface area contributed by atoms with Crippen molar-refractivity contribution in [3.8, 4) is 0 Å². The molecule has 64 valence electrons. The van der Waals surface area contributed by atoms with Gasteiger partial charge in [0.2, 0.25) is 0 Å². The minimum Gasteiger partial charge on any atom is -0.371 e. The first-order valence-corrected chi connectivity index (χ1v) is 3.88. The van der Waals surface area contributed by atoms with E-state index in [1.807, 2.05) is 18.9 Å². The zero-order valence-corrected chi connectivity index (χ0v) is 7.92. The van der Waals surface area contributed by atoms with Crippen LogP contribution in [0.25, 0.3) is 0 Å². The Balaban J connectivity index is 2.30. The van der Waals surface area contributed by atoms with Crippen molar-refractivity contribution in [3.63, 3.8) is 0 Å². The van der Waals surface area contributed by atoms with Crippen LogP contribution in [0, 0.1) is 5.41 Å². The second kappa shape index (κ2) is 2.77. The molecule has 1 aliphatic heterocycles. The number of hydrogen-bond donors (Lipinski definition) is 0. The molecule has 1 saturated heterocycles. The summed E-state index contributed by atoms with van der Waals surface area (Å²) in [6.07, 6.45) is -0.0464. The molecule has 0 spiro atoms. The summed E-state index contributed by atoms with van der Waals surface area (Å²) in [5.74, 6) is 0. The molecular weight excluding hydrogens is 141 g/mol. The Labute approximate surface area is 68.8 Å². The van der Waals surface area contributed by atoms with Crippen molar-refractivity contribution < 1.29 is 9.31 Å². The standard InChI is InChI=1S/C7H16BNO2/c1-7(2,3)6-10-8(11-6)9(4)5/h6H,1-5H3. The summed E-state index contributed by atoms with van der Waals surface area (Å²) in [4.78, 5) is 1.90. The molecule has 0 aliphatic carbocycles. The third kappa shape index (κ3) is 1.95. The summed E-state index contributed by atoms with van der Waals surface area (Å²) < 4.78 is 10.9. The molecule has 1 fully saturated rings. The third-order valence-electron chi connectivity index (χ3n) is 1.61. The fourth-order valence-electron chi connectivity index (χ4n) is 0.873. The molecule has 0 aromatic heterocycles. The predicted octanol–water partition coefficient (Wildman–Crippen LogP) is 0.952. The molecule has 0 amide bonds. The zero-order valence-electron chi connectivity index (χ0n) is 7.92. The molecule has 1 aliphatic rings. The lowest BCUT2D eigenvalue weighted by atomic mass is 9.89. The van der Waals surface area contributed by atoms with Gasteiger partial charge in [0, 0.05) is 5.41 Å². The van der Waals surface area contributed by atoms with Crippen molar-refractivity contribution in [3.05, 3.63) is 0 Å². The van der Waals surface area contributed by atoms with Crippen LogP contribution in [0.2, 0.25) is 0 Å². The first kappa shape index (κ1) is 9.04. The van der Waals surface area contributed by atoms with E-state index in [0.717, 1.165) is 0 Å². The molecule has 0 atom stereocenters. The molecule has 0 N–H and O–H groups in total. The quantitative estimate of drug-likeness (QED) is 0.529. The maximum atomic E-state index is 5.47. The fourth-order valence-corrected chi connectivity index (χ4v) is 0.873. The normalized spacial score (nSPS) is 20.7. The highest BCUT2D eigenvalue weighted by Crippen LogP contribution is 2.30. The molecule has 4 heteroatoms. The second-order valence-electron chi connectivity index (χ2n) is 4.24. The third-order valence-corrected chi connectivity index (χ3v) is 1.61. The van der Waals surface area contributed by atoms with Crippen molar-refractivity contribution in [1.29, 1.82) is 0 Å². The van der Waals surface area contributed by atoms with Gasteiger partial charge in [0.05, 0.1) is 0 Å². The van der Waals surface area contributed by atoms with Crippen LogP contribution >= 0.6 is 0 Å². The largest absolute Gasteiger partial charge is 0.560 e. The van der Waals surface area contributed by atoms with Crippen molar-refractivity contribution >= 4 is 7.25 Å². The van der Waals surface area contributed by atoms with Crippen LogP contribution in [-0.4, -0.2) is 32.4 Å². The summed E-state index contributed by atoms with van der Waals surface area (Å²) in [6, 6.07) is 0. The maximum absolute atomic E-state index is 5.47. The molecule has 0 unspecified atom stereocenters. The SMILES string of the molecule is CN(C)B1OC(C(C)(C)C)O1. The first-order chi connectivity index (χ1) is 4.91. The van der Waals surface area contributed by atoms with E-state index in [0.29, 0.717) is 0 Å². The van der Waals surface area contributed by atoms with Crippen molar-refractivity contribution in [1.82, 2.24) is 4.81 Å². The van der Waals surface area contributed by atoms with E-state index >= 15 is 0 Å². The molecule has 3 nitrogen and oxygen atoms in total. The van der Waals surface area contributed by atoms with Gasteiger partial charge < -0.3 is 9.31 Å². The molecule has 1 rings (SSSR count). The number of nitrogens with zero attached hydrogens (tertiary/aromatic N) is 1. The van der Waals surface area contributed by atoms with Crippen molar-refractivity contribution in [2.24, 2.45) is 5.41 Å². The summed E-state index contributed by atoms with van der Waals surface area (Å²) in [5, 5.41) is 0. The van der Waals surface area contributed by atoms with Crippen LogP contribution in [-0.2, 0) is 9.31 Å². The molecule has 0 saturated carbocycles. The predicted molar refractivity (Wildman–Crippen MR) is 44.9 cm³/mol. The highest BCUT2D eigenvalue weighted by atomic mass is 16.8. The van der Waals surface area contributed by atoms with Crippen LogP contribution in [0.4, 0.5) is 0 Å². The molecule has 0 radical (unpaired) electrons. The van der Waals surface area contributed by atoms with Crippen LogP contribution in [0.1, 0.15) is 20.8 Å². The summed E-state index contributed by atoms with van der Waals surface area (Å²) in [6.45, 7) is 6.30. The van der Waals surface area contributed by atoms with Gasteiger partial charge in [-0.25, -0.2) is 0 Å². The van der Waals surface area contributed by atoms with Gasteiger partial charge in [0.25, 0.3) is 0 Å². The smallest absolute Gasteiger partial charge is 0.371 e. The average Bonchev–Trinajstić information content (AvgIpc) is 1.51. The Morgan fingerprint density at radius 1 is 1.18 bits per heavy atom. The van der Waals surface area contributed by atoms with Gasteiger partial charge in [-0.05, 0) is 14.1 Å². The summed E-state index contributed by atoms with van der Waals surface area (Å²) in [5.41, 5.74) is 0.0898. The van der Waals surface area contributed by atoms with Gasteiger partial charge in [0.15, 0.2) is 0 Å². The molecule has 0 aromatic rings. The Kier molecular flexibility index (Phi) is 2.28. The van der Waals surface area contributed by atoms with E-state index in [-0.39, 0.29) is 19.0 Å². The van der Waals surface area contributed by atoms with Crippen molar-refractivity contribution in [2.45, 2.75) is 27.1 Å². The van der Waals surface area contributed by atoms with Crippen LogP contribution in [0.15, 0.2) is 0 Å². The molecule has 0 bridgehead atoms. The second-order valence-corrected chi connectivity index (χ2v) is 4.24. The summed E-state index contributed by atoms with van der Waals surface area (Å²) in [7, 11) is 3.73. The summed E-state index contributed by atoms with van der Waals surface area (Å²) >= 11 is 0. The van der Waals surface area contributed by atoms with Gasteiger partial charge in [-0.2, -0.15) is 0 Å². The van der Waals surface area contributed by atoms with E-state index < -0.39 is 0 Å². The van der Waals surface area contributed by atoms with Crippen LogP contribution in [0.5, 0.6) is 0 Å². The number of rotatable bonds is 1. The lowest BCUT2D eigenvalue weighted by Crippen LogP contribution is -2.58. The van der Waals surface area contributed by atoms with Gasteiger partial charge in [-0.1, -0.05) is 20.8 Å². The minimum atomic E-state index is -0.140. The Bertz CT molecular complexity index is 138. The van der Waals surface area contributed by atoms with E-state index in [2.05, 4.69) is 20.8 Å². The lowest BCUT2D eigenvalue weighted by molar-refractivity contribution is -0.186. The van der Waals surface area contributed by atoms with Crippen LogP contribution < -0.4 is 0 Å². The van der Waals surface area contributed by atoms with E-state index in [1.54, 1.807) is 0 Å². The topological polar surface area (TPSA) is 21.7 Å². The first-order valence-electron chi connectivity index (χ1n) is 3.88. The minimum absolute atomic E-state index is 0.0464. The Morgan fingerprint density at radius 3 is 1.91 bits per heavy atom. The molecular formula is C7H16BNO2. The van der Waals surface area contributed by atoms with Crippen molar-refractivity contribution in [2.75, 3.05) is 14.1 Å². The van der Waals surface area contributed by atoms with E-state index in [1.165, 1.54) is 0 Å². The maximum Gasteiger partial charge on any atom is 0.560 e. The zero-order chi connectivity index (χ0) is 8.65. The van der Waals surface area contributed by atoms with Gasteiger partial charge in [-0.3, -0.25) is 4.81 Å². The highest BCUT2D eigenvalue weighted by molar-refractivity contribution is 6.42. The monoisotopic (exact) mass is 157 g/mol. The number of hydrogen-bond acceptors (Lipinski definition) is 3. The average molecular weight is 157 g/mol. The molecule has 0 aromatic carbocycles.